The van der Waals surface area contributed by atoms with Crippen molar-refractivity contribution in [1.82, 2.24) is 10.2 Å². The van der Waals surface area contributed by atoms with Crippen molar-refractivity contribution in [2.24, 2.45) is 0 Å². The minimum absolute atomic E-state index is 0.170. The molecule has 1 aliphatic heterocycles. The van der Waals surface area contributed by atoms with Gasteiger partial charge in [-0.15, -0.1) is 0 Å². The first-order valence-electron chi connectivity index (χ1n) is 6.02. The Morgan fingerprint density at radius 3 is 3.00 bits per heavy atom. The molecule has 1 heterocycles. The van der Waals surface area contributed by atoms with Crippen LogP contribution in [0, 0.1) is 5.82 Å². The number of halogens is 2. The standard InChI is InChI=1S/C13H18BrFN2/c1-16-13-3-2-4-17(9-13)8-10-5-11(14)7-12(15)6-10/h5-7,13,16H,2-4,8-9H2,1H3. The molecule has 1 saturated heterocycles. The minimum atomic E-state index is -0.170. The van der Waals surface area contributed by atoms with E-state index in [1.807, 2.05) is 13.1 Å². The lowest BCUT2D eigenvalue weighted by atomic mass is 10.1. The molecule has 1 atom stereocenters. The van der Waals surface area contributed by atoms with E-state index in [1.54, 1.807) is 6.07 Å². The number of piperidine rings is 1. The van der Waals surface area contributed by atoms with Gasteiger partial charge in [-0.2, -0.15) is 0 Å². The molecule has 2 rings (SSSR count). The Balaban J connectivity index is 2.00. The minimum Gasteiger partial charge on any atom is -0.316 e. The van der Waals surface area contributed by atoms with Crippen LogP contribution >= 0.6 is 15.9 Å². The second-order valence-electron chi connectivity index (χ2n) is 4.64. The van der Waals surface area contributed by atoms with Crippen LogP contribution in [0.2, 0.25) is 0 Å². The Kier molecular flexibility index (Phi) is 4.54. The largest absolute Gasteiger partial charge is 0.316 e. The summed E-state index contributed by atoms with van der Waals surface area (Å²) in [6.45, 7) is 2.98. The Labute approximate surface area is 110 Å². The molecule has 0 spiro atoms. The van der Waals surface area contributed by atoms with Crippen LogP contribution in [0.3, 0.4) is 0 Å². The van der Waals surface area contributed by atoms with Crippen molar-refractivity contribution in [3.8, 4) is 0 Å². The van der Waals surface area contributed by atoms with E-state index in [0.717, 1.165) is 29.7 Å². The summed E-state index contributed by atoms with van der Waals surface area (Å²) < 4.78 is 14.1. The first-order chi connectivity index (χ1) is 8.17. The number of rotatable bonds is 3. The van der Waals surface area contributed by atoms with Crippen LogP contribution in [0.4, 0.5) is 4.39 Å². The van der Waals surface area contributed by atoms with E-state index in [1.165, 1.54) is 18.9 Å². The lowest BCUT2D eigenvalue weighted by molar-refractivity contribution is 0.188. The number of likely N-dealkylation sites (tertiary alicyclic amines) is 1. The van der Waals surface area contributed by atoms with Gasteiger partial charge in [0, 0.05) is 23.6 Å². The molecule has 1 fully saturated rings. The Morgan fingerprint density at radius 2 is 2.29 bits per heavy atom. The Hall–Kier alpha value is -0.450. The molecule has 0 bridgehead atoms. The lowest BCUT2D eigenvalue weighted by Gasteiger charge is -2.32. The summed E-state index contributed by atoms with van der Waals surface area (Å²) in [5, 5.41) is 3.32. The summed E-state index contributed by atoms with van der Waals surface area (Å²) in [5.41, 5.74) is 1.04. The van der Waals surface area contributed by atoms with Crippen molar-refractivity contribution in [2.45, 2.75) is 25.4 Å². The molecule has 1 aromatic carbocycles. The smallest absolute Gasteiger partial charge is 0.124 e. The van der Waals surface area contributed by atoms with Crippen LogP contribution in [0.15, 0.2) is 22.7 Å². The lowest BCUT2D eigenvalue weighted by Crippen LogP contribution is -2.43. The van der Waals surface area contributed by atoms with Gasteiger partial charge >= 0.3 is 0 Å². The van der Waals surface area contributed by atoms with Crippen molar-refractivity contribution in [3.63, 3.8) is 0 Å². The fourth-order valence-corrected chi connectivity index (χ4v) is 2.91. The van der Waals surface area contributed by atoms with Crippen molar-refractivity contribution >= 4 is 15.9 Å². The molecular weight excluding hydrogens is 283 g/mol. The predicted octanol–water partition coefficient (Wildman–Crippen LogP) is 2.77. The monoisotopic (exact) mass is 300 g/mol. The molecule has 0 radical (unpaired) electrons. The van der Waals surface area contributed by atoms with E-state index in [4.69, 9.17) is 0 Å². The van der Waals surface area contributed by atoms with Crippen LogP contribution in [0.1, 0.15) is 18.4 Å². The summed E-state index contributed by atoms with van der Waals surface area (Å²) in [6, 6.07) is 5.68. The van der Waals surface area contributed by atoms with Crippen LogP contribution in [-0.2, 0) is 6.54 Å². The van der Waals surface area contributed by atoms with Crippen LogP contribution in [0.5, 0.6) is 0 Å². The number of nitrogens with one attached hydrogen (secondary N) is 1. The van der Waals surface area contributed by atoms with Crippen LogP contribution in [0.25, 0.3) is 0 Å². The molecule has 4 heteroatoms. The van der Waals surface area contributed by atoms with Crippen LogP contribution < -0.4 is 5.32 Å². The van der Waals surface area contributed by atoms with Crippen molar-refractivity contribution in [3.05, 3.63) is 34.1 Å². The van der Waals surface area contributed by atoms with Gasteiger partial charge in [0.1, 0.15) is 5.82 Å². The van der Waals surface area contributed by atoms with E-state index >= 15 is 0 Å². The van der Waals surface area contributed by atoms with Crippen LogP contribution in [-0.4, -0.2) is 31.1 Å². The fourth-order valence-electron chi connectivity index (χ4n) is 2.40. The highest BCUT2D eigenvalue weighted by molar-refractivity contribution is 9.10. The normalized spacial score (nSPS) is 21.7. The van der Waals surface area contributed by atoms with Crippen molar-refractivity contribution in [2.75, 3.05) is 20.1 Å². The summed E-state index contributed by atoms with van der Waals surface area (Å²) >= 11 is 3.33. The molecule has 2 nitrogen and oxygen atoms in total. The first kappa shape index (κ1) is 13.0. The average molecular weight is 301 g/mol. The summed E-state index contributed by atoms with van der Waals surface area (Å²) in [5.74, 6) is -0.170. The number of hydrogen-bond acceptors (Lipinski definition) is 2. The quantitative estimate of drug-likeness (QED) is 0.923. The summed E-state index contributed by atoms with van der Waals surface area (Å²) in [7, 11) is 2.01. The van der Waals surface area contributed by atoms with E-state index in [2.05, 4.69) is 26.1 Å². The maximum Gasteiger partial charge on any atom is 0.124 e. The highest BCUT2D eigenvalue weighted by Crippen LogP contribution is 2.18. The molecule has 0 amide bonds. The number of nitrogens with zero attached hydrogens (tertiary/aromatic N) is 1. The highest BCUT2D eigenvalue weighted by atomic mass is 79.9. The predicted molar refractivity (Wildman–Crippen MR) is 71.5 cm³/mol. The first-order valence-corrected chi connectivity index (χ1v) is 6.81. The van der Waals surface area contributed by atoms with E-state index in [9.17, 15) is 4.39 Å². The second-order valence-corrected chi connectivity index (χ2v) is 5.56. The zero-order valence-corrected chi connectivity index (χ0v) is 11.6. The van der Waals surface area contributed by atoms with Gasteiger partial charge in [0.25, 0.3) is 0 Å². The average Bonchev–Trinajstić information content (AvgIpc) is 2.28. The number of likely N-dealkylation sites (N-methyl/N-ethyl adjacent to an activating group) is 1. The maximum atomic E-state index is 13.3. The van der Waals surface area contributed by atoms with Gasteiger partial charge in [-0.3, -0.25) is 4.90 Å². The van der Waals surface area contributed by atoms with Gasteiger partial charge in [0.15, 0.2) is 0 Å². The molecule has 1 aromatic rings. The zero-order valence-electron chi connectivity index (χ0n) is 10.0. The molecule has 1 N–H and O–H groups in total. The third-order valence-electron chi connectivity index (χ3n) is 3.24. The van der Waals surface area contributed by atoms with Crippen molar-refractivity contribution in [1.29, 1.82) is 0 Å². The van der Waals surface area contributed by atoms with Gasteiger partial charge in [-0.25, -0.2) is 4.39 Å². The van der Waals surface area contributed by atoms with Crippen molar-refractivity contribution < 1.29 is 4.39 Å². The van der Waals surface area contributed by atoms with Gasteiger partial charge in [0.2, 0.25) is 0 Å². The SMILES string of the molecule is CNC1CCCN(Cc2cc(F)cc(Br)c2)C1. The molecule has 1 aliphatic rings. The molecule has 1 unspecified atom stereocenters. The Morgan fingerprint density at radius 1 is 1.47 bits per heavy atom. The molecule has 0 aromatic heterocycles. The summed E-state index contributed by atoms with van der Waals surface area (Å²) in [6.07, 6.45) is 2.45. The molecule has 94 valence electrons. The van der Waals surface area contributed by atoms with Gasteiger partial charge in [-0.05, 0) is 50.2 Å². The topological polar surface area (TPSA) is 15.3 Å². The van der Waals surface area contributed by atoms with E-state index in [-0.39, 0.29) is 5.82 Å². The second kappa shape index (κ2) is 5.94. The van der Waals surface area contributed by atoms with E-state index in [0.29, 0.717) is 6.04 Å². The van der Waals surface area contributed by atoms with E-state index < -0.39 is 0 Å². The summed E-state index contributed by atoms with van der Waals surface area (Å²) in [4.78, 5) is 2.38. The Bertz CT molecular complexity index is 363. The molecule has 0 saturated carbocycles. The number of benzene rings is 1. The molecule has 0 aliphatic carbocycles. The fraction of sp³-hybridized carbons (Fsp3) is 0.538. The number of hydrogen-bond donors (Lipinski definition) is 1. The van der Waals surface area contributed by atoms with Gasteiger partial charge in [-0.1, -0.05) is 15.9 Å². The molecular formula is C13H18BrFN2. The maximum absolute atomic E-state index is 13.3. The van der Waals surface area contributed by atoms with Gasteiger partial charge in [0.05, 0.1) is 0 Å². The third-order valence-corrected chi connectivity index (χ3v) is 3.70. The third kappa shape index (κ3) is 3.76. The highest BCUT2D eigenvalue weighted by Gasteiger charge is 2.18. The zero-order chi connectivity index (χ0) is 12.3. The molecule has 17 heavy (non-hydrogen) atoms. The van der Waals surface area contributed by atoms with Gasteiger partial charge < -0.3 is 5.32 Å².